The molecule has 0 saturated carbocycles. The van der Waals surface area contributed by atoms with E-state index in [9.17, 15) is 4.79 Å². The number of carbonyl (C=O) groups is 1. The van der Waals surface area contributed by atoms with E-state index in [1.54, 1.807) is 18.2 Å². The zero-order valence-corrected chi connectivity index (χ0v) is 19.5. The van der Waals surface area contributed by atoms with Crippen molar-refractivity contribution in [2.24, 2.45) is 5.73 Å². The third-order valence-corrected chi connectivity index (χ3v) is 6.77. The Kier molecular flexibility index (Phi) is 7.14. The molecule has 2 aliphatic rings. The third-order valence-electron chi connectivity index (χ3n) is 6.77. The summed E-state index contributed by atoms with van der Waals surface area (Å²) in [6, 6.07) is 16.1. The molecule has 33 heavy (non-hydrogen) atoms. The lowest BCUT2D eigenvalue weighted by Crippen LogP contribution is -2.43. The Morgan fingerprint density at radius 2 is 1.88 bits per heavy atom. The van der Waals surface area contributed by atoms with E-state index in [1.165, 1.54) is 19.3 Å². The summed E-state index contributed by atoms with van der Waals surface area (Å²) < 4.78 is 6.10. The van der Waals surface area contributed by atoms with Crippen molar-refractivity contribution in [3.05, 3.63) is 71.8 Å². The van der Waals surface area contributed by atoms with Crippen LogP contribution < -0.4 is 15.4 Å². The van der Waals surface area contributed by atoms with Crippen LogP contribution in [0.3, 0.4) is 0 Å². The van der Waals surface area contributed by atoms with Crippen molar-refractivity contribution < 1.29 is 9.53 Å². The standard InChI is InChI=1S/C27H34N4O2/c1-19-10-8-11-20(2)30(19)16-6-3-7-17-31-23-14-4-5-15-24(23)33-25(27(31)32)21-12-9-13-22(18-21)26(28)29/h3-6,9,12-15,18-20,25H,7-8,10-11,16-17H2,1-2H3,(H3,28,29). The molecule has 2 aliphatic heterocycles. The van der Waals surface area contributed by atoms with E-state index in [0.717, 1.165) is 18.7 Å². The fourth-order valence-electron chi connectivity index (χ4n) is 4.88. The van der Waals surface area contributed by atoms with Crippen molar-refractivity contribution in [1.29, 1.82) is 5.41 Å². The summed E-state index contributed by atoms with van der Waals surface area (Å²) in [6.07, 6.45) is 8.30. The molecule has 0 aromatic heterocycles. The minimum atomic E-state index is -0.752. The summed E-state index contributed by atoms with van der Waals surface area (Å²) in [5.74, 6) is 0.566. The highest BCUT2D eigenvalue weighted by Crippen LogP contribution is 2.39. The Morgan fingerprint density at radius 1 is 1.12 bits per heavy atom. The van der Waals surface area contributed by atoms with Crippen molar-refractivity contribution >= 4 is 17.4 Å². The number of piperidine rings is 1. The van der Waals surface area contributed by atoms with Crippen LogP contribution in [-0.4, -0.2) is 41.8 Å². The molecule has 0 spiro atoms. The number of nitrogens with two attached hydrogens (primary N) is 1. The highest BCUT2D eigenvalue weighted by Gasteiger charge is 2.35. The van der Waals surface area contributed by atoms with Gasteiger partial charge in [-0.25, -0.2) is 0 Å². The second-order valence-electron chi connectivity index (χ2n) is 9.08. The van der Waals surface area contributed by atoms with Gasteiger partial charge in [-0.15, -0.1) is 0 Å². The molecule has 4 rings (SSSR count). The first-order chi connectivity index (χ1) is 16.0. The van der Waals surface area contributed by atoms with Crippen LogP contribution in [0.25, 0.3) is 0 Å². The van der Waals surface area contributed by atoms with E-state index >= 15 is 0 Å². The van der Waals surface area contributed by atoms with Crippen LogP contribution in [-0.2, 0) is 4.79 Å². The fraction of sp³-hybridized carbons (Fsp3) is 0.407. The molecule has 0 radical (unpaired) electrons. The van der Waals surface area contributed by atoms with Crippen molar-refractivity contribution in [3.63, 3.8) is 0 Å². The Labute approximate surface area is 196 Å². The number of ether oxygens (including phenoxy) is 1. The maximum Gasteiger partial charge on any atom is 0.272 e. The number of nitrogen functional groups attached to an aromatic ring is 1. The fourth-order valence-corrected chi connectivity index (χ4v) is 4.88. The van der Waals surface area contributed by atoms with Gasteiger partial charge in [-0.05, 0) is 51.3 Å². The molecule has 2 aromatic carbocycles. The number of rotatable bonds is 7. The van der Waals surface area contributed by atoms with Crippen molar-refractivity contribution in [2.45, 2.75) is 57.7 Å². The van der Waals surface area contributed by atoms with Crippen LogP contribution in [0.4, 0.5) is 5.69 Å². The van der Waals surface area contributed by atoms with Gasteiger partial charge in [0.15, 0.2) is 0 Å². The molecule has 3 unspecified atom stereocenters. The zero-order chi connectivity index (χ0) is 23.4. The Morgan fingerprint density at radius 3 is 2.64 bits per heavy atom. The number of amides is 1. The van der Waals surface area contributed by atoms with Crippen molar-refractivity contribution in [2.75, 3.05) is 18.0 Å². The molecule has 174 valence electrons. The summed E-state index contributed by atoms with van der Waals surface area (Å²) >= 11 is 0. The van der Waals surface area contributed by atoms with Crippen LogP contribution in [0.2, 0.25) is 0 Å². The zero-order valence-electron chi connectivity index (χ0n) is 19.5. The van der Waals surface area contributed by atoms with Gasteiger partial charge in [0.25, 0.3) is 5.91 Å². The van der Waals surface area contributed by atoms with Gasteiger partial charge in [0, 0.05) is 36.3 Å². The van der Waals surface area contributed by atoms with Crippen LogP contribution in [0.15, 0.2) is 60.7 Å². The molecule has 1 saturated heterocycles. The molecule has 2 aromatic rings. The van der Waals surface area contributed by atoms with Gasteiger partial charge in [-0.3, -0.25) is 15.1 Å². The van der Waals surface area contributed by atoms with Gasteiger partial charge in [0.1, 0.15) is 11.6 Å². The van der Waals surface area contributed by atoms with Crippen LogP contribution in [0.1, 0.15) is 56.8 Å². The highest BCUT2D eigenvalue weighted by molar-refractivity contribution is 6.01. The number of carbonyl (C=O) groups excluding carboxylic acids is 1. The number of nitrogens with one attached hydrogen (secondary N) is 1. The molecule has 0 aliphatic carbocycles. The summed E-state index contributed by atoms with van der Waals surface area (Å²) in [6.45, 7) is 6.17. The number of likely N-dealkylation sites (tertiary alicyclic amines) is 1. The number of fused-ring (bicyclic) bond motifs is 1. The minimum Gasteiger partial charge on any atom is -0.474 e. The number of nitrogens with zero attached hydrogens (tertiary/aromatic N) is 2. The predicted molar refractivity (Wildman–Crippen MR) is 133 cm³/mol. The molecular formula is C27H34N4O2. The normalized spacial score (nSPS) is 23.4. The highest BCUT2D eigenvalue weighted by atomic mass is 16.5. The minimum absolute atomic E-state index is 0.0279. The predicted octanol–water partition coefficient (Wildman–Crippen LogP) is 4.65. The van der Waals surface area contributed by atoms with E-state index < -0.39 is 6.10 Å². The first kappa shape index (κ1) is 23.1. The summed E-state index contributed by atoms with van der Waals surface area (Å²) in [7, 11) is 0. The number of anilines is 1. The van der Waals surface area contributed by atoms with Gasteiger partial charge < -0.3 is 15.4 Å². The summed E-state index contributed by atoms with van der Waals surface area (Å²) in [5, 5.41) is 7.71. The Hall–Kier alpha value is -3.12. The summed E-state index contributed by atoms with van der Waals surface area (Å²) in [4.78, 5) is 17.8. The lowest BCUT2D eigenvalue weighted by Gasteiger charge is -2.38. The number of amidine groups is 1. The molecule has 0 bridgehead atoms. The SMILES string of the molecule is CC1CCCC(C)N1CC=CCCN1C(=O)C(c2cccc(C(=N)N)c2)Oc2ccccc21. The molecule has 1 amide bonds. The number of hydrogen-bond donors (Lipinski definition) is 2. The molecule has 6 nitrogen and oxygen atoms in total. The second kappa shape index (κ2) is 10.2. The molecule has 3 atom stereocenters. The average Bonchev–Trinajstić information content (AvgIpc) is 2.81. The molecule has 3 N–H and O–H groups in total. The Bertz CT molecular complexity index is 1020. The van der Waals surface area contributed by atoms with Gasteiger partial charge in [0.05, 0.1) is 5.69 Å². The maximum atomic E-state index is 13.5. The maximum absolute atomic E-state index is 13.5. The monoisotopic (exact) mass is 446 g/mol. The lowest BCUT2D eigenvalue weighted by atomic mass is 9.97. The van der Waals surface area contributed by atoms with E-state index in [4.69, 9.17) is 15.9 Å². The van der Waals surface area contributed by atoms with Gasteiger partial charge in [-0.1, -0.05) is 48.9 Å². The second-order valence-corrected chi connectivity index (χ2v) is 9.08. The number of para-hydroxylation sites is 2. The van der Waals surface area contributed by atoms with Crippen LogP contribution in [0, 0.1) is 5.41 Å². The van der Waals surface area contributed by atoms with E-state index in [2.05, 4.69) is 30.9 Å². The van der Waals surface area contributed by atoms with Crippen LogP contribution in [0.5, 0.6) is 5.75 Å². The van der Waals surface area contributed by atoms with Gasteiger partial charge in [0.2, 0.25) is 6.10 Å². The average molecular weight is 447 g/mol. The summed E-state index contributed by atoms with van der Waals surface area (Å²) in [5.41, 5.74) is 7.74. The topological polar surface area (TPSA) is 82.7 Å². The lowest BCUT2D eigenvalue weighted by molar-refractivity contribution is -0.126. The van der Waals surface area contributed by atoms with Crippen molar-refractivity contribution in [3.8, 4) is 5.75 Å². The first-order valence-corrected chi connectivity index (χ1v) is 11.9. The molecule has 6 heteroatoms. The quantitative estimate of drug-likeness (QED) is 0.369. The number of benzene rings is 2. The molecule has 2 heterocycles. The molecule has 1 fully saturated rings. The van der Waals surface area contributed by atoms with E-state index in [1.807, 2.05) is 35.2 Å². The largest absolute Gasteiger partial charge is 0.474 e. The van der Waals surface area contributed by atoms with Gasteiger partial charge >= 0.3 is 0 Å². The van der Waals surface area contributed by atoms with E-state index in [0.29, 0.717) is 35.5 Å². The van der Waals surface area contributed by atoms with Gasteiger partial charge in [-0.2, -0.15) is 0 Å². The van der Waals surface area contributed by atoms with Crippen molar-refractivity contribution in [1.82, 2.24) is 4.90 Å². The number of hydrogen-bond acceptors (Lipinski definition) is 4. The third kappa shape index (κ3) is 5.11. The van der Waals surface area contributed by atoms with Crippen LogP contribution >= 0.6 is 0 Å². The molecular weight excluding hydrogens is 412 g/mol. The van der Waals surface area contributed by atoms with E-state index in [-0.39, 0.29) is 11.7 Å². The first-order valence-electron chi connectivity index (χ1n) is 11.9. The Balaban J connectivity index is 1.47. The smallest absolute Gasteiger partial charge is 0.272 e.